The molecule has 8 heteroatoms. The highest BCUT2D eigenvalue weighted by atomic mass is 35.5. The molecule has 1 aromatic carbocycles. The van der Waals surface area contributed by atoms with Crippen LogP contribution in [0, 0.1) is 5.92 Å². The third-order valence-corrected chi connectivity index (χ3v) is 4.80. The predicted octanol–water partition coefficient (Wildman–Crippen LogP) is 1.89. The van der Waals surface area contributed by atoms with E-state index in [1.165, 1.54) is 0 Å². The summed E-state index contributed by atoms with van der Waals surface area (Å²) < 4.78 is 10.8. The third kappa shape index (κ3) is 5.49. The topological polar surface area (TPSA) is 93.9 Å². The van der Waals surface area contributed by atoms with Gasteiger partial charge < -0.3 is 25.4 Å². The van der Waals surface area contributed by atoms with Crippen molar-refractivity contribution in [2.24, 2.45) is 11.7 Å². The van der Waals surface area contributed by atoms with Gasteiger partial charge in [0.1, 0.15) is 11.5 Å². The first-order valence-corrected chi connectivity index (χ1v) is 8.93. The number of likely N-dealkylation sites (tertiary alicyclic amines) is 1. The molecule has 1 heterocycles. The molecule has 0 bridgehead atoms. The Bertz CT molecular complexity index is 654. The molecule has 3 N–H and O–H groups in total. The van der Waals surface area contributed by atoms with Crippen molar-refractivity contribution >= 4 is 24.2 Å². The number of amides is 2. The van der Waals surface area contributed by atoms with Crippen LogP contribution in [0.4, 0.5) is 0 Å². The Kier molecular flexibility index (Phi) is 8.85. The van der Waals surface area contributed by atoms with E-state index in [9.17, 15) is 9.59 Å². The van der Waals surface area contributed by atoms with Gasteiger partial charge in [-0.15, -0.1) is 12.4 Å². The molecule has 1 aliphatic heterocycles. The first kappa shape index (κ1) is 23.0. The van der Waals surface area contributed by atoms with Crippen molar-refractivity contribution in [3.05, 3.63) is 23.8 Å². The second kappa shape index (κ2) is 10.4. The maximum atomic E-state index is 12.7. The molecule has 2 rings (SSSR count). The fourth-order valence-corrected chi connectivity index (χ4v) is 3.17. The van der Waals surface area contributed by atoms with E-state index < -0.39 is 6.04 Å². The lowest BCUT2D eigenvalue weighted by atomic mass is 10.0. The average molecular weight is 400 g/mol. The lowest BCUT2D eigenvalue weighted by Gasteiger charge is -2.27. The van der Waals surface area contributed by atoms with Gasteiger partial charge in [0.2, 0.25) is 11.8 Å². The van der Waals surface area contributed by atoms with Gasteiger partial charge >= 0.3 is 0 Å². The normalized spacial score (nSPS) is 17.3. The van der Waals surface area contributed by atoms with E-state index in [1.807, 2.05) is 32.0 Å². The van der Waals surface area contributed by atoms with Gasteiger partial charge in [-0.05, 0) is 37.0 Å². The number of halogens is 1. The molecular weight excluding hydrogens is 370 g/mol. The Hall–Kier alpha value is -1.99. The summed E-state index contributed by atoms with van der Waals surface area (Å²) in [7, 11) is 3.22. The van der Waals surface area contributed by atoms with Crippen molar-refractivity contribution in [2.45, 2.75) is 38.8 Å². The second-order valence-electron chi connectivity index (χ2n) is 6.84. The fourth-order valence-electron chi connectivity index (χ4n) is 3.17. The number of methoxy groups -OCH3 is 2. The van der Waals surface area contributed by atoms with E-state index in [0.717, 1.165) is 29.9 Å². The van der Waals surface area contributed by atoms with E-state index in [-0.39, 0.29) is 42.7 Å². The minimum Gasteiger partial charge on any atom is -0.497 e. The SMILES string of the molecule is COc1ccc(OC)c(C2CCCN2C(=O)CNC(=O)[C@@H](N)C(C)C)c1.Cl. The van der Waals surface area contributed by atoms with Crippen LogP contribution in [-0.2, 0) is 9.59 Å². The van der Waals surface area contributed by atoms with E-state index in [4.69, 9.17) is 15.2 Å². The van der Waals surface area contributed by atoms with Crippen LogP contribution in [0.1, 0.15) is 38.3 Å². The van der Waals surface area contributed by atoms with Crippen molar-refractivity contribution in [1.29, 1.82) is 0 Å². The summed E-state index contributed by atoms with van der Waals surface area (Å²) >= 11 is 0. The first-order chi connectivity index (χ1) is 12.4. The molecule has 1 aliphatic rings. The van der Waals surface area contributed by atoms with Gasteiger partial charge in [-0.2, -0.15) is 0 Å². The smallest absolute Gasteiger partial charge is 0.242 e. The summed E-state index contributed by atoms with van der Waals surface area (Å²) in [5, 5.41) is 2.65. The zero-order chi connectivity index (χ0) is 19.3. The van der Waals surface area contributed by atoms with Crippen LogP contribution in [0.15, 0.2) is 18.2 Å². The molecule has 2 amide bonds. The highest BCUT2D eigenvalue weighted by Gasteiger charge is 2.32. The van der Waals surface area contributed by atoms with Crippen molar-refractivity contribution in [2.75, 3.05) is 27.3 Å². The van der Waals surface area contributed by atoms with Crippen LogP contribution in [0.5, 0.6) is 11.5 Å². The van der Waals surface area contributed by atoms with E-state index in [0.29, 0.717) is 6.54 Å². The van der Waals surface area contributed by atoms with Crippen LogP contribution >= 0.6 is 12.4 Å². The molecule has 2 atom stereocenters. The zero-order valence-corrected chi connectivity index (χ0v) is 17.2. The van der Waals surface area contributed by atoms with E-state index >= 15 is 0 Å². The minimum absolute atomic E-state index is 0. The molecule has 1 fully saturated rings. The third-order valence-electron chi connectivity index (χ3n) is 4.80. The number of nitrogens with two attached hydrogens (primary N) is 1. The Morgan fingerprint density at radius 3 is 2.59 bits per heavy atom. The molecule has 0 radical (unpaired) electrons. The van der Waals surface area contributed by atoms with Gasteiger partial charge in [-0.25, -0.2) is 0 Å². The van der Waals surface area contributed by atoms with Gasteiger partial charge in [0.05, 0.1) is 32.8 Å². The molecule has 0 spiro atoms. The predicted molar refractivity (Wildman–Crippen MR) is 106 cm³/mol. The quantitative estimate of drug-likeness (QED) is 0.730. The summed E-state index contributed by atoms with van der Waals surface area (Å²) in [6.45, 7) is 4.34. The number of rotatable bonds is 7. The molecule has 152 valence electrons. The molecular formula is C19H30ClN3O4. The van der Waals surface area contributed by atoms with Crippen molar-refractivity contribution in [3.8, 4) is 11.5 Å². The largest absolute Gasteiger partial charge is 0.497 e. The van der Waals surface area contributed by atoms with Crippen molar-refractivity contribution < 1.29 is 19.1 Å². The van der Waals surface area contributed by atoms with Gasteiger partial charge in [0, 0.05) is 12.1 Å². The van der Waals surface area contributed by atoms with Gasteiger partial charge in [0.25, 0.3) is 0 Å². The summed E-state index contributed by atoms with van der Waals surface area (Å²) in [6, 6.07) is 4.87. The van der Waals surface area contributed by atoms with Gasteiger partial charge in [-0.3, -0.25) is 9.59 Å². The molecule has 27 heavy (non-hydrogen) atoms. The lowest BCUT2D eigenvalue weighted by Crippen LogP contribution is -2.47. The number of nitrogens with zero attached hydrogens (tertiary/aromatic N) is 1. The molecule has 1 saturated heterocycles. The van der Waals surface area contributed by atoms with Crippen LogP contribution in [0.25, 0.3) is 0 Å². The van der Waals surface area contributed by atoms with Gasteiger partial charge in [-0.1, -0.05) is 13.8 Å². The zero-order valence-electron chi connectivity index (χ0n) is 16.4. The van der Waals surface area contributed by atoms with Crippen molar-refractivity contribution in [1.82, 2.24) is 10.2 Å². The molecule has 0 aromatic heterocycles. The summed E-state index contributed by atoms with van der Waals surface area (Å²) in [4.78, 5) is 26.5. The number of hydrogen-bond acceptors (Lipinski definition) is 5. The van der Waals surface area contributed by atoms with Crippen LogP contribution in [0.2, 0.25) is 0 Å². The van der Waals surface area contributed by atoms with E-state index in [1.54, 1.807) is 19.1 Å². The summed E-state index contributed by atoms with van der Waals surface area (Å²) in [5.41, 5.74) is 6.74. The Morgan fingerprint density at radius 1 is 1.30 bits per heavy atom. The molecule has 1 unspecified atom stereocenters. The second-order valence-corrected chi connectivity index (χ2v) is 6.84. The standard InChI is InChI=1S/C19H29N3O4.ClH/c1-12(2)18(20)19(24)21-11-17(23)22-9-5-6-15(22)14-10-13(25-3)7-8-16(14)26-4;/h7-8,10,12,15,18H,5-6,9,11,20H2,1-4H3,(H,21,24);1H/t15?,18-;/m0./s1. The number of benzene rings is 1. The lowest BCUT2D eigenvalue weighted by molar-refractivity contribution is -0.134. The van der Waals surface area contributed by atoms with Crippen LogP contribution < -0.4 is 20.5 Å². The van der Waals surface area contributed by atoms with E-state index in [2.05, 4.69) is 5.32 Å². The maximum Gasteiger partial charge on any atom is 0.242 e. The molecule has 7 nitrogen and oxygen atoms in total. The Balaban J connectivity index is 0.00000364. The van der Waals surface area contributed by atoms with Crippen LogP contribution in [-0.4, -0.2) is 50.1 Å². The average Bonchev–Trinajstić information content (AvgIpc) is 3.14. The highest BCUT2D eigenvalue weighted by Crippen LogP contribution is 2.38. The Morgan fingerprint density at radius 2 is 2.00 bits per heavy atom. The first-order valence-electron chi connectivity index (χ1n) is 8.93. The maximum absolute atomic E-state index is 12.7. The number of ether oxygens (including phenoxy) is 2. The molecule has 0 saturated carbocycles. The molecule has 1 aromatic rings. The highest BCUT2D eigenvalue weighted by molar-refractivity contribution is 5.87. The Labute approximate surface area is 167 Å². The fraction of sp³-hybridized carbons (Fsp3) is 0.579. The van der Waals surface area contributed by atoms with Crippen LogP contribution in [0.3, 0.4) is 0 Å². The number of nitrogens with one attached hydrogen (secondary N) is 1. The van der Waals surface area contributed by atoms with Gasteiger partial charge in [0.15, 0.2) is 0 Å². The minimum atomic E-state index is -0.615. The number of carbonyl (C=O) groups excluding carboxylic acids is 2. The number of carbonyl (C=O) groups is 2. The molecule has 0 aliphatic carbocycles. The number of hydrogen-bond donors (Lipinski definition) is 2. The monoisotopic (exact) mass is 399 g/mol. The summed E-state index contributed by atoms with van der Waals surface area (Å²) in [6.07, 6.45) is 1.74. The van der Waals surface area contributed by atoms with Crippen molar-refractivity contribution in [3.63, 3.8) is 0 Å². The summed E-state index contributed by atoms with van der Waals surface area (Å²) in [5.74, 6) is 1.04.